The van der Waals surface area contributed by atoms with Gasteiger partial charge in [0.2, 0.25) is 17.7 Å². The zero-order chi connectivity index (χ0) is 42.5. The van der Waals surface area contributed by atoms with Crippen molar-refractivity contribution in [2.75, 3.05) is 97.4 Å². The van der Waals surface area contributed by atoms with Gasteiger partial charge in [0.1, 0.15) is 0 Å². The van der Waals surface area contributed by atoms with Crippen molar-refractivity contribution in [2.45, 2.75) is 37.8 Å². The molecule has 318 valence electrons. The molecular weight excluding hydrogens is 756 g/mol. The maximum Gasteiger partial charge on any atom is 0.317 e. The van der Waals surface area contributed by atoms with Crippen LogP contribution < -0.4 is 21.3 Å². The van der Waals surface area contributed by atoms with Crippen LogP contribution in [0, 0.1) is 0 Å². The number of carbonyl (C=O) groups excluding carboxylic acids is 3. The summed E-state index contributed by atoms with van der Waals surface area (Å²) in [6.07, 6.45) is 0.574. The van der Waals surface area contributed by atoms with E-state index in [2.05, 4.69) is 21.3 Å². The zero-order valence-electron chi connectivity index (χ0n) is 32.8. The van der Waals surface area contributed by atoms with Crippen LogP contribution in [0.25, 0.3) is 0 Å². The maximum absolute atomic E-state index is 12.7. The van der Waals surface area contributed by atoms with Crippen molar-refractivity contribution in [1.82, 2.24) is 35.6 Å². The first-order chi connectivity index (χ1) is 27.7. The fourth-order valence-corrected chi connectivity index (χ4v) is 6.56. The lowest BCUT2D eigenvalue weighted by atomic mass is 10.0. The van der Waals surface area contributed by atoms with Crippen molar-refractivity contribution in [2.24, 2.45) is 0 Å². The summed E-state index contributed by atoms with van der Waals surface area (Å²) in [6, 6.07) is 15.3. The fraction of sp³-hybridized carbons (Fsp3) is 0.513. The van der Waals surface area contributed by atoms with E-state index in [4.69, 9.17) is 0 Å². The van der Waals surface area contributed by atoms with Crippen molar-refractivity contribution < 1.29 is 54.0 Å². The van der Waals surface area contributed by atoms with Crippen LogP contribution in [0.15, 0.2) is 54.6 Å². The monoisotopic (exact) mass is 812 g/mol. The Morgan fingerprint density at radius 2 is 1.12 bits per heavy atom. The molecule has 0 aromatic heterocycles. The van der Waals surface area contributed by atoms with E-state index in [-0.39, 0.29) is 63.8 Å². The molecule has 0 saturated carbocycles. The molecule has 2 aromatic rings. The maximum atomic E-state index is 12.7. The number of amides is 3. The highest BCUT2D eigenvalue weighted by atomic mass is 16.4. The van der Waals surface area contributed by atoms with Crippen LogP contribution >= 0.6 is 0 Å². The summed E-state index contributed by atoms with van der Waals surface area (Å²) < 4.78 is 0. The van der Waals surface area contributed by atoms with Crippen LogP contribution in [-0.4, -0.2) is 186 Å². The van der Waals surface area contributed by atoms with Gasteiger partial charge in [-0.05, 0) is 43.1 Å². The quantitative estimate of drug-likeness (QED) is 0.0588. The molecule has 1 fully saturated rings. The Morgan fingerprint density at radius 1 is 0.621 bits per heavy atom. The van der Waals surface area contributed by atoms with Crippen LogP contribution in [-0.2, 0) is 46.4 Å². The molecule has 3 amide bonds. The van der Waals surface area contributed by atoms with E-state index in [1.165, 1.54) is 4.90 Å². The lowest BCUT2D eigenvalue weighted by Gasteiger charge is -2.35. The van der Waals surface area contributed by atoms with Gasteiger partial charge in [0, 0.05) is 83.5 Å². The van der Waals surface area contributed by atoms with Crippen molar-refractivity contribution >= 4 is 47.3 Å². The molecule has 19 heteroatoms. The van der Waals surface area contributed by atoms with Gasteiger partial charge in [-0.3, -0.25) is 53.2 Å². The van der Waals surface area contributed by atoms with Crippen LogP contribution in [0.5, 0.6) is 0 Å². The van der Waals surface area contributed by atoms with Gasteiger partial charge >= 0.3 is 23.9 Å². The number of hydrogen-bond donors (Lipinski definition) is 8. The van der Waals surface area contributed by atoms with Gasteiger partial charge in [-0.25, -0.2) is 0 Å². The lowest BCUT2D eigenvalue weighted by molar-refractivity contribution is -0.143. The number of rotatable bonds is 24. The van der Waals surface area contributed by atoms with E-state index < -0.39 is 55.0 Å². The minimum atomic E-state index is -1.22. The second kappa shape index (κ2) is 25.0. The first-order valence-corrected chi connectivity index (χ1v) is 19.1. The van der Waals surface area contributed by atoms with Crippen molar-refractivity contribution in [3.63, 3.8) is 0 Å². The number of likely N-dealkylation sites (N-methyl/N-ethyl adjacent to an activating group) is 1. The Labute approximate surface area is 337 Å². The average molecular weight is 813 g/mol. The number of nitrogens with zero attached hydrogens (tertiary/aromatic N) is 4. The Hall–Kier alpha value is -5.47. The standard InChI is InChI=1S/C39H56N8O11/c1-40-32(22-28-5-3-2-4-6-28)39(58)42-14-13-41-33(48)11-12-34(49)43-30-9-7-29(8-10-30)21-31(47(26-37(54)55)27-38(56)57)23-44-15-17-45(24-35(50)51)19-20-46(18-16-44)25-36(52)53/h2-10,31-32,40H,11-27H2,1H3,(H,41,48)(H,42,58)(H,43,49)(H,50,51)(H,52,53)(H,54,55)(H,56,57)/t31?,32-/m0/s1. The number of nitrogens with one attached hydrogen (secondary N) is 4. The highest BCUT2D eigenvalue weighted by Gasteiger charge is 2.28. The Bertz CT molecular complexity index is 1620. The molecular formula is C39H56N8O11. The molecule has 58 heavy (non-hydrogen) atoms. The SMILES string of the molecule is CN[C@@H](Cc1ccccc1)C(=O)NCCNC(=O)CCC(=O)Nc1ccc(CC(CN2CCN(CC(=O)O)CCN(CC(=O)O)CC2)N(CC(=O)O)CC(=O)O)cc1. The zero-order valence-corrected chi connectivity index (χ0v) is 32.8. The molecule has 19 nitrogen and oxygen atoms in total. The smallest absolute Gasteiger partial charge is 0.317 e. The van der Waals surface area contributed by atoms with Crippen molar-refractivity contribution in [3.05, 3.63) is 65.7 Å². The van der Waals surface area contributed by atoms with Crippen LogP contribution in [0.3, 0.4) is 0 Å². The van der Waals surface area contributed by atoms with Gasteiger partial charge in [-0.2, -0.15) is 0 Å². The van der Waals surface area contributed by atoms with E-state index in [0.29, 0.717) is 51.4 Å². The van der Waals surface area contributed by atoms with E-state index in [0.717, 1.165) is 11.1 Å². The second-order valence-electron chi connectivity index (χ2n) is 14.1. The molecule has 2 atom stereocenters. The third kappa shape index (κ3) is 18.6. The number of carbonyl (C=O) groups is 7. The number of benzene rings is 2. The summed E-state index contributed by atoms with van der Waals surface area (Å²) >= 11 is 0. The summed E-state index contributed by atoms with van der Waals surface area (Å²) in [6.45, 7) is 1.16. The molecule has 0 radical (unpaired) electrons. The van der Waals surface area contributed by atoms with E-state index in [1.54, 1.807) is 41.1 Å². The Kier molecular flexibility index (Phi) is 20.2. The molecule has 0 bridgehead atoms. The van der Waals surface area contributed by atoms with Gasteiger partial charge in [0.15, 0.2) is 0 Å². The largest absolute Gasteiger partial charge is 0.480 e. The number of hydrogen-bond acceptors (Lipinski definition) is 12. The van der Waals surface area contributed by atoms with Gasteiger partial charge in [0.05, 0.1) is 32.2 Å². The summed E-state index contributed by atoms with van der Waals surface area (Å²) in [4.78, 5) is 91.0. The summed E-state index contributed by atoms with van der Waals surface area (Å²) in [7, 11) is 1.70. The average Bonchev–Trinajstić information content (AvgIpc) is 3.25. The van der Waals surface area contributed by atoms with E-state index >= 15 is 0 Å². The minimum absolute atomic E-state index is 0.0751. The molecule has 2 aromatic carbocycles. The number of aliphatic carboxylic acids is 4. The van der Waals surface area contributed by atoms with Crippen molar-refractivity contribution in [3.8, 4) is 0 Å². The number of carboxylic acid groups (broad SMARTS) is 4. The van der Waals surface area contributed by atoms with Gasteiger partial charge in [-0.1, -0.05) is 42.5 Å². The molecule has 1 aliphatic heterocycles. The van der Waals surface area contributed by atoms with Gasteiger partial charge in [0.25, 0.3) is 0 Å². The van der Waals surface area contributed by atoms with Crippen molar-refractivity contribution in [1.29, 1.82) is 0 Å². The highest BCUT2D eigenvalue weighted by molar-refractivity contribution is 5.93. The van der Waals surface area contributed by atoms with Crippen LogP contribution in [0.4, 0.5) is 5.69 Å². The third-order valence-corrected chi connectivity index (χ3v) is 9.56. The fourth-order valence-electron chi connectivity index (χ4n) is 6.56. The van der Waals surface area contributed by atoms with Gasteiger partial charge in [-0.15, -0.1) is 0 Å². The first kappa shape index (κ1) is 46.9. The Balaban J connectivity index is 1.56. The van der Waals surface area contributed by atoms with E-state index in [1.807, 2.05) is 35.2 Å². The minimum Gasteiger partial charge on any atom is -0.480 e. The predicted octanol–water partition coefficient (Wildman–Crippen LogP) is -1.06. The molecule has 1 saturated heterocycles. The molecule has 1 unspecified atom stereocenters. The van der Waals surface area contributed by atoms with E-state index in [9.17, 15) is 54.0 Å². The Morgan fingerprint density at radius 3 is 1.64 bits per heavy atom. The highest BCUT2D eigenvalue weighted by Crippen LogP contribution is 2.16. The van der Waals surface area contributed by atoms with Crippen LogP contribution in [0.1, 0.15) is 24.0 Å². The third-order valence-electron chi connectivity index (χ3n) is 9.56. The normalized spacial score (nSPS) is 15.3. The van der Waals surface area contributed by atoms with Gasteiger partial charge < -0.3 is 41.7 Å². The lowest BCUT2D eigenvalue weighted by Crippen LogP contribution is -2.51. The summed E-state index contributed by atoms with van der Waals surface area (Å²) in [5, 5.41) is 49.4. The topological polar surface area (TPSA) is 261 Å². The number of anilines is 1. The molecule has 1 heterocycles. The number of carboxylic acids is 4. The predicted molar refractivity (Wildman–Crippen MR) is 212 cm³/mol. The summed E-state index contributed by atoms with van der Waals surface area (Å²) in [5.41, 5.74) is 2.19. The molecule has 1 aliphatic rings. The molecule has 0 aliphatic carbocycles. The molecule has 0 spiro atoms. The molecule has 8 N–H and O–H groups in total. The second-order valence-corrected chi connectivity index (χ2v) is 14.1. The first-order valence-electron chi connectivity index (χ1n) is 19.1. The molecule has 3 rings (SSSR count). The summed E-state index contributed by atoms with van der Waals surface area (Å²) in [5.74, 6) is -5.44. The van der Waals surface area contributed by atoms with Crippen LogP contribution in [0.2, 0.25) is 0 Å².